The van der Waals surface area contributed by atoms with E-state index in [0.29, 0.717) is 5.69 Å². The maximum Gasteiger partial charge on any atom is 0.407 e. The molecule has 0 fully saturated rings. The molecule has 1 unspecified atom stereocenters. The van der Waals surface area contributed by atoms with Crippen LogP contribution in [-0.2, 0) is 20.7 Å². The Labute approximate surface area is 196 Å². The molecule has 0 radical (unpaired) electrons. The first-order chi connectivity index (χ1) is 16.4. The quantitative estimate of drug-likeness (QED) is 0.386. The van der Waals surface area contributed by atoms with Crippen LogP contribution < -0.4 is 10.6 Å². The number of benzene rings is 2. The molecule has 2 amide bonds. The van der Waals surface area contributed by atoms with E-state index < -0.39 is 30.1 Å². The first-order valence-corrected chi connectivity index (χ1v) is 11.0. The van der Waals surface area contributed by atoms with Crippen molar-refractivity contribution in [3.63, 3.8) is 0 Å². The average molecular weight is 463 g/mol. The number of hydrogen-bond donors (Lipinski definition) is 4. The number of H-pyrrole nitrogens is 1. The number of amides is 2. The minimum Gasteiger partial charge on any atom is -0.480 e. The standard InChI is InChI=1S/C25H26N4O5/c1-15(10-23(30)29-22(24(31)32)11-16-12-26-14-27-16)28-25(33)34-13-21-19-8-4-2-6-17(19)18-7-3-5-9-20(18)21/h2-9,12,14-15,21-22H,10-11,13H2,1H3,(H,26,27)(H,28,33)(H,29,30)(H,31,32)/t15-,22?/m1/s1. The highest BCUT2D eigenvalue weighted by atomic mass is 16.5. The van der Waals surface area contributed by atoms with E-state index in [4.69, 9.17) is 4.74 Å². The summed E-state index contributed by atoms with van der Waals surface area (Å²) in [5, 5.41) is 14.5. The van der Waals surface area contributed by atoms with Crippen LogP contribution in [-0.4, -0.2) is 51.7 Å². The van der Waals surface area contributed by atoms with Gasteiger partial charge in [0, 0.05) is 36.7 Å². The molecule has 0 spiro atoms. The summed E-state index contributed by atoms with van der Waals surface area (Å²) >= 11 is 0. The summed E-state index contributed by atoms with van der Waals surface area (Å²) in [6.07, 6.45) is 2.31. The van der Waals surface area contributed by atoms with Crippen molar-refractivity contribution in [2.24, 2.45) is 0 Å². The molecule has 0 saturated carbocycles. The van der Waals surface area contributed by atoms with Gasteiger partial charge in [-0.15, -0.1) is 0 Å². The molecule has 9 nitrogen and oxygen atoms in total. The van der Waals surface area contributed by atoms with Crippen LogP contribution in [0.15, 0.2) is 61.1 Å². The lowest BCUT2D eigenvalue weighted by molar-refractivity contribution is -0.141. The third-order valence-electron chi connectivity index (χ3n) is 5.81. The molecule has 1 aliphatic rings. The number of carbonyl (C=O) groups is 3. The number of carbonyl (C=O) groups excluding carboxylic acids is 2. The van der Waals surface area contributed by atoms with Crippen molar-refractivity contribution >= 4 is 18.0 Å². The zero-order chi connectivity index (χ0) is 24.1. The number of alkyl carbamates (subject to hydrolysis) is 1. The summed E-state index contributed by atoms with van der Waals surface area (Å²) in [5.41, 5.74) is 5.10. The van der Waals surface area contributed by atoms with E-state index in [1.165, 1.54) is 12.5 Å². The number of nitrogens with one attached hydrogen (secondary N) is 3. The van der Waals surface area contributed by atoms with Crippen molar-refractivity contribution in [3.05, 3.63) is 77.9 Å². The highest BCUT2D eigenvalue weighted by Crippen LogP contribution is 2.44. The maximum atomic E-state index is 12.4. The van der Waals surface area contributed by atoms with E-state index in [1.54, 1.807) is 6.92 Å². The van der Waals surface area contributed by atoms with Gasteiger partial charge in [0.1, 0.15) is 12.6 Å². The fraction of sp³-hybridized carbons (Fsp3) is 0.280. The number of rotatable bonds is 9. The number of ether oxygens (including phenoxy) is 1. The Morgan fingerprint density at radius 1 is 1.06 bits per heavy atom. The van der Waals surface area contributed by atoms with Crippen molar-refractivity contribution < 1.29 is 24.2 Å². The number of aromatic amines is 1. The number of fused-ring (bicyclic) bond motifs is 3. The number of aromatic nitrogens is 2. The van der Waals surface area contributed by atoms with Gasteiger partial charge in [-0.05, 0) is 29.2 Å². The summed E-state index contributed by atoms with van der Waals surface area (Å²) in [5.74, 6) is -1.70. The minimum absolute atomic E-state index is 0.0597. The van der Waals surface area contributed by atoms with Crippen LogP contribution in [0.3, 0.4) is 0 Å². The molecular formula is C25H26N4O5. The zero-order valence-electron chi connectivity index (χ0n) is 18.7. The number of imidazole rings is 1. The van der Waals surface area contributed by atoms with Gasteiger partial charge in [0.2, 0.25) is 5.91 Å². The SMILES string of the molecule is C[C@H](CC(=O)NC(Cc1cnc[nH]1)C(=O)O)NC(=O)OCC1c2ccccc2-c2ccccc21. The van der Waals surface area contributed by atoms with Crippen LogP contribution in [0.2, 0.25) is 0 Å². The van der Waals surface area contributed by atoms with Gasteiger partial charge in [0.05, 0.1) is 6.33 Å². The van der Waals surface area contributed by atoms with E-state index >= 15 is 0 Å². The third-order valence-corrected chi connectivity index (χ3v) is 5.81. The normalized spacial score (nSPS) is 13.9. The molecule has 4 N–H and O–H groups in total. The zero-order valence-corrected chi connectivity index (χ0v) is 18.7. The second kappa shape index (κ2) is 10.2. The lowest BCUT2D eigenvalue weighted by Crippen LogP contribution is -2.45. The molecule has 34 heavy (non-hydrogen) atoms. The Kier molecular flexibility index (Phi) is 6.91. The Morgan fingerprint density at radius 2 is 1.71 bits per heavy atom. The van der Waals surface area contributed by atoms with E-state index in [0.717, 1.165) is 22.3 Å². The highest BCUT2D eigenvalue weighted by molar-refractivity contribution is 5.84. The predicted molar refractivity (Wildman–Crippen MR) is 124 cm³/mol. The third kappa shape index (κ3) is 5.25. The molecule has 1 aromatic heterocycles. The monoisotopic (exact) mass is 462 g/mol. The minimum atomic E-state index is -1.15. The molecule has 0 saturated heterocycles. The second-order valence-electron chi connectivity index (χ2n) is 8.31. The molecule has 3 aromatic rings. The predicted octanol–water partition coefficient (Wildman–Crippen LogP) is 2.84. The number of carboxylic acid groups (broad SMARTS) is 1. The molecule has 9 heteroatoms. The van der Waals surface area contributed by atoms with Crippen molar-refractivity contribution in [1.82, 2.24) is 20.6 Å². The molecule has 2 aromatic carbocycles. The van der Waals surface area contributed by atoms with Crippen LogP contribution in [0.4, 0.5) is 4.79 Å². The van der Waals surface area contributed by atoms with Crippen LogP contribution in [0, 0.1) is 0 Å². The van der Waals surface area contributed by atoms with Gasteiger partial charge in [0.25, 0.3) is 0 Å². The van der Waals surface area contributed by atoms with Gasteiger partial charge in [-0.1, -0.05) is 48.5 Å². The van der Waals surface area contributed by atoms with E-state index in [-0.39, 0.29) is 25.4 Å². The summed E-state index contributed by atoms with van der Waals surface area (Å²) < 4.78 is 5.49. The number of nitrogens with zero attached hydrogens (tertiary/aromatic N) is 1. The fourth-order valence-corrected chi connectivity index (χ4v) is 4.24. The Morgan fingerprint density at radius 3 is 2.29 bits per heavy atom. The molecule has 4 rings (SSSR count). The molecule has 176 valence electrons. The highest BCUT2D eigenvalue weighted by Gasteiger charge is 2.29. The van der Waals surface area contributed by atoms with Gasteiger partial charge in [-0.3, -0.25) is 4.79 Å². The Balaban J connectivity index is 1.28. The summed E-state index contributed by atoms with van der Waals surface area (Å²) in [4.78, 5) is 42.8. The Bertz CT molecular complexity index is 1130. The lowest BCUT2D eigenvalue weighted by atomic mass is 9.98. The summed E-state index contributed by atoms with van der Waals surface area (Å²) in [6, 6.07) is 14.5. The van der Waals surface area contributed by atoms with Gasteiger partial charge in [0.15, 0.2) is 0 Å². The molecule has 1 heterocycles. The second-order valence-corrected chi connectivity index (χ2v) is 8.31. The molecule has 1 aliphatic carbocycles. The van der Waals surface area contributed by atoms with Gasteiger partial charge < -0.3 is 25.5 Å². The first-order valence-electron chi connectivity index (χ1n) is 11.0. The van der Waals surface area contributed by atoms with Crippen LogP contribution in [0.25, 0.3) is 11.1 Å². The van der Waals surface area contributed by atoms with Crippen molar-refractivity contribution in [2.45, 2.75) is 37.8 Å². The maximum absolute atomic E-state index is 12.4. The first kappa shape index (κ1) is 23.0. The molecule has 2 atom stereocenters. The van der Waals surface area contributed by atoms with Crippen molar-refractivity contribution in [2.75, 3.05) is 6.61 Å². The van der Waals surface area contributed by atoms with Crippen LogP contribution >= 0.6 is 0 Å². The molecular weight excluding hydrogens is 436 g/mol. The average Bonchev–Trinajstić information content (AvgIpc) is 3.43. The van der Waals surface area contributed by atoms with Gasteiger partial charge >= 0.3 is 12.1 Å². The largest absolute Gasteiger partial charge is 0.480 e. The fourth-order valence-electron chi connectivity index (χ4n) is 4.24. The molecule has 0 bridgehead atoms. The molecule has 0 aliphatic heterocycles. The van der Waals surface area contributed by atoms with Crippen LogP contribution in [0.1, 0.15) is 36.1 Å². The van der Waals surface area contributed by atoms with Crippen molar-refractivity contribution in [3.8, 4) is 11.1 Å². The van der Waals surface area contributed by atoms with E-state index in [1.807, 2.05) is 36.4 Å². The lowest BCUT2D eigenvalue weighted by Gasteiger charge is -2.18. The topological polar surface area (TPSA) is 133 Å². The summed E-state index contributed by atoms with van der Waals surface area (Å²) in [7, 11) is 0. The van der Waals surface area contributed by atoms with Crippen molar-refractivity contribution in [1.29, 1.82) is 0 Å². The number of aliphatic carboxylic acids is 1. The Hall–Kier alpha value is -4.14. The van der Waals surface area contributed by atoms with Crippen LogP contribution in [0.5, 0.6) is 0 Å². The summed E-state index contributed by atoms with van der Waals surface area (Å²) in [6.45, 7) is 1.83. The number of hydrogen-bond acceptors (Lipinski definition) is 5. The van der Waals surface area contributed by atoms with E-state index in [2.05, 4.69) is 32.7 Å². The van der Waals surface area contributed by atoms with E-state index in [9.17, 15) is 19.5 Å². The smallest absolute Gasteiger partial charge is 0.407 e. The number of carboxylic acids is 1. The van der Waals surface area contributed by atoms with Gasteiger partial charge in [-0.2, -0.15) is 0 Å². The van der Waals surface area contributed by atoms with Gasteiger partial charge in [-0.25, -0.2) is 14.6 Å².